The van der Waals surface area contributed by atoms with E-state index in [1.54, 1.807) is 4.90 Å². The van der Waals surface area contributed by atoms with Crippen LogP contribution in [0.3, 0.4) is 0 Å². The lowest BCUT2D eigenvalue weighted by Crippen LogP contribution is -2.67. The molecule has 2 aromatic rings. The zero-order valence-corrected chi connectivity index (χ0v) is 20.9. The molecule has 0 aliphatic carbocycles. The molecule has 2 aromatic carbocycles. The van der Waals surface area contributed by atoms with Crippen LogP contribution in [0.4, 0.5) is 5.69 Å². The third-order valence-electron chi connectivity index (χ3n) is 6.40. The van der Waals surface area contributed by atoms with Gasteiger partial charge in [0.05, 0.1) is 7.11 Å². The van der Waals surface area contributed by atoms with Crippen LogP contribution in [0.15, 0.2) is 60.7 Å². The van der Waals surface area contributed by atoms with Crippen LogP contribution >= 0.6 is 0 Å². The Balaban J connectivity index is 0.000000678. The van der Waals surface area contributed by atoms with Gasteiger partial charge >= 0.3 is 17.9 Å². The first-order valence-electron chi connectivity index (χ1n) is 11.9. The average molecular weight is 499 g/mol. The number of aliphatic carboxylic acids is 2. The van der Waals surface area contributed by atoms with E-state index in [9.17, 15) is 9.59 Å². The van der Waals surface area contributed by atoms with E-state index in [2.05, 4.69) is 36.1 Å². The van der Waals surface area contributed by atoms with E-state index in [1.807, 2.05) is 43.3 Å². The van der Waals surface area contributed by atoms with E-state index in [4.69, 9.17) is 24.5 Å². The summed E-state index contributed by atoms with van der Waals surface area (Å²) in [7, 11) is 1.41. The van der Waals surface area contributed by atoms with Gasteiger partial charge in [-0.2, -0.15) is 0 Å². The van der Waals surface area contributed by atoms with Crippen molar-refractivity contribution >= 4 is 29.5 Å². The molecule has 0 saturated carbocycles. The molecule has 194 valence electrons. The van der Waals surface area contributed by atoms with Gasteiger partial charge in [0, 0.05) is 37.7 Å². The van der Waals surface area contributed by atoms with Crippen LogP contribution in [-0.2, 0) is 30.3 Å². The summed E-state index contributed by atoms with van der Waals surface area (Å²) < 4.78 is 5.27. The lowest BCUT2D eigenvalue weighted by Gasteiger charge is -2.50. The number of nitrogens with zero attached hydrogens (tertiary/aromatic N) is 2. The number of para-hydroxylation sites is 1. The van der Waals surface area contributed by atoms with E-state index in [1.165, 1.54) is 12.7 Å². The molecule has 0 spiro atoms. The Bertz CT molecular complexity index is 1020. The van der Waals surface area contributed by atoms with Gasteiger partial charge in [-0.1, -0.05) is 62.4 Å². The van der Waals surface area contributed by atoms with Crippen LogP contribution in [0.25, 0.3) is 0 Å². The standard InChI is InChI=1S/C25H32N2O3.C2H2O4/c1-4-23(28)27(22-13-9-6-10-14-22)25(24(29)30-3)16-18-26(19-20(25)2)17-15-21-11-7-5-8-12-21;3-1(4)2(5)6/h5-14,20H,4,15-19H2,1-3H3;(H,3,4)(H,5,6)/t20-,25+;/m0./s1. The predicted octanol–water partition coefficient (Wildman–Crippen LogP) is 3.08. The van der Waals surface area contributed by atoms with E-state index >= 15 is 0 Å². The summed E-state index contributed by atoms with van der Waals surface area (Å²) in [5, 5.41) is 14.8. The SMILES string of the molecule is CCC(=O)N(c1ccccc1)[C@]1(C(=O)OC)CCN(CCc2ccccc2)C[C@@H]1C.O=C(O)C(=O)O. The van der Waals surface area contributed by atoms with Crippen LogP contribution in [0.1, 0.15) is 32.3 Å². The van der Waals surface area contributed by atoms with Gasteiger partial charge in [0.25, 0.3) is 0 Å². The van der Waals surface area contributed by atoms with Gasteiger partial charge in [0.15, 0.2) is 0 Å². The fourth-order valence-electron chi connectivity index (χ4n) is 4.58. The number of esters is 1. The maximum atomic E-state index is 13.2. The number of rotatable bonds is 7. The number of anilines is 1. The van der Waals surface area contributed by atoms with Crippen molar-refractivity contribution in [3.8, 4) is 0 Å². The normalized spacial score (nSPS) is 19.4. The van der Waals surface area contributed by atoms with Crippen molar-refractivity contribution in [3.05, 3.63) is 66.2 Å². The number of carboxylic acids is 2. The monoisotopic (exact) mass is 498 g/mol. The largest absolute Gasteiger partial charge is 0.473 e. The number of ether oxygens (including phenoxy) is 1. The molecule has 9 nitrogen and oxygen atoms in total. The molecule has 3 rings (SSSR count). The number of hydrogen-bond donors (Lipinski definition) is 2. The van der Waals surface area contributed by atoms with E-state index in [0.717, 1.165) is 31.7 Å². The topological polar surface area (TPSA) is 124 Å². The number of hydrogen-bond acceptors (Lipinski definition) is 6. The minimum absolute atomic E-state index is 0.0591. The summed E-state index contributed by atoms with van der Waals surface area (Å²) >= 11 is 0. The second-order valence-corrected chi connectivity index (χ2v) is 8.63. The quantitative estimate of drug-likeness (QED) is 0.441. The van der Waals surface area contributed by atoms with Crippen molar-refractivity contribution < 1.29 is 34.1 Å². The predicted molar refractivity (Wildman–Crippen MR) is 135 cm³/mol. The number of carbonyl (C=O) groups excluding carboxylic acids is 2. The number of methoxy groups -OCH3 is 1. The molecule has 1 amide bonds. The molecular weight excluding hydrogens is 464 g/mol. The highest BCUT2D eigenvalue weighted by atomic mass is 16.5. The van der Waals surface area contributed by atoms with E-state index in [0.29, 0.717) is 12.8 Å². The first-order chi connectivity index (χ1) is 17.2. The lowest BCUT2D eigenvalue weighted by atomic mass is 9.76. The van der Waals surface area contributed by atoms with Gasteiger partial charge in [-0.05, 0) is 30.5 Å². The molecule has 2 N–H and O–H groups in total. The number of carbonyl (C=O) groups is 4. The summed E-state index contributed by atoms with van der Waals surface area (Å²) in [6.07, 6.45) is 1.85. The Kier molecular flexibility index (Phi) is 10.6. The summed E-state index contributed by atoms with van der Waals surface area (Å²) in [6.45, 7) is 6.31. The highest BCUT2D eigenvalue weighted by Crippen LogP contribution is 2.39. The number of piperidine rings is 1. The van der Waals surface area contributed by atoms with E-state index in [-0.39, 0.29) is 17.8 Å². The van der Waals surface area contributed by atoms with Crippen molar-refractivity contribution in [3.63, 3.8) is 0 Å². The maximum absolute atomic E-state index is 13.2. The lowest BCUT2D eigenvalue weighted by molar-refractivity contribution is -0.159. The van der Waals surface area contributed by atoms with Crippen LogP contribution in [0, 0.1) is 5.92 Å². The second-order valence-electron chi connectivity index (χ2n) is 8.63. The number of carboxylic acid groups (broad SMARTS) is 2. The second kappa shape index (κ2) is 13.4. The molecule has 2 atom stereocenters. The van der Waals surface area contributed by atoms with Gasteiger partial charge in [0.1, 0.15) is 5.54 Å². The Morgan fingerprint density at radius 1 is 1.00 bits per heavy atom. The summed E-state index contributed by atoms with van der Waals surface area (Å²) in [6, 6.07) is 19.9. The Morgan fingerprint density at radius 2 is 1.56 bits per heavy atom. The summed E-state index contributed by atoms with van der Waals surface area (Å²) in [4.78, 5) is 48.6. The highest BCUT2D eigenvalue weighted by Gasteiger charge is 2.54. The van der Waals surface area contributed by atoms with Crippen molar-refractivity contribution in [2.24, 2.45) is 5.92 Å². The molecule has 1 saturated heterocycles. The Hall–Kier alpha value is -3.72. The number of likely N-dealkylation sites (tertiary alicyclic amines) is 1. The molecule has 1 aliphatic heterocycles. The van der Waals surface area contributed by atoms with Gasteiger partial charge in [-0.3, -0.25) is 9.69 Å². The number of benzene rings is 2. The van der Waals surface area contributed by atoms with Crippen LogP contribution in [-0.4, -0.2) is 71.2 Å². The van der Waals surface area contributed by atoms with Crippen LogP contribution < -0.4 is 4.90 Å². The molecule has 1 fully saturated rings. The van der Waals surface area contributed by atoms with Crippen LogP contribution in [0.5, 0.6) is 0 Å². The zero-order valence-electron chi connectivity index (χ0n) is 20.9. The van der Waals surface area contributed by atoms with Crippen molar-refractivity contribution in [1.29, 1.82) is 0 Å². The third-order valence-corrected chi connectivity index (χ3v) is 6.40. The van der Waals surface area contributed by atoms with Crippen molar-refractivity contribution in [2.45, 2.75) is 38.6 Å². The van der Waals surface area contributed by atoms with Crippen molar-refractivity contribution in [2.75, 3.05) is 31.6 Å². The average Bonchev–Trinajstić information content (AvgIpc) is 2.89. The fraction of sp³-hybridized carbons (Fsp3) is 0.407. The third kappa shape index (κ3) is 6.91. The molecule has 36 heavy (non-hydrogen) atoms. The highest BCUT2D eigenvalue weighted by molar-refractivity contribution is 6.27. The van der Waals surface area contributed by atoms with Crippen LogP contribution in [0.2, 0.25) is 0 Å². The Labute approximate surface area is 211 Å². The van der Waals surface area contributed by atoms with Gasteiger partial charge in [-0.25, -0.2) is 14.4 Å². The first kappa shape index (κ1) is 28.5. The van der Waals surface area contributed by atoms with E-state index < -0.39 is 17.5 Å². The zero-order chi connectivity index (χ0) is 26.7. The molecule has 0 unspecified atom stereocenters. The minimum Gasteiger partial charge on any atom is -0.473 e. The van der Waals surface area contributed by atoms with Gasteiger partial charge in [0.2, 0.25) is 5.91 Å². The molecule has 1 aliphatic rings. The summed E-state index contributed by atoms with van der Waals surface area (Å²) in [5.74, 6) is -4.10. The summed E-state index contributed by atoms with van der Waals surface area (Å²) in [5.41, 5.74) is 1.06. The molecule has 9 heteroatoms. The van der Waals surface area contributed by atoms with Gasteiger partial charge in [-0.15, -0.1) is 0 Å². The fourth-order valence-corrected chi connectivity index (χ4v) is 4.58. The Morgan fingerprint density at radius 3 is 2.03 bits per heavy atom. The molecular formula is C27H34N2O7. The van der Waals surface area contributed by atoms with Crippen molar-refractivity contribution in [1.82, 2.24) is 4.90 Å². The molecule has 1 heterocycles. The van der Waals surface area contributed by atoms with Gasteiger partial charge < -0.3 is 19.8 Å². The number of amides is 1. The molecule has 0 bridgehead atoms. The minimum atomic E-state index is -1.82. The smallest absolute Gasteiger partial charge is 0.414 e. The first-order valence-corrected chi connectivity index (χ1v) is 11.9. The molecule has 0 aromatic heterocycles. The molecule has 0 radical (unpaired) electrons. The maximum Gasteiger partial charge on any atom is 0.414 e.